The van der Waals surface area contributed by atoms with Crippen molar-refractivity contribution in [1.29, 1.82) is 0 Å². The van der Waals surface area contributed by atoms with Gasteiger partial charge in [0.05, 0.1) is 38.3 Å². The van der Waals surface area contributed by atoms with E-state index < -0.39 is 0 Å². The van der Waals surface area contributed by atoms with Gasteiger partial charge in [0.15, 0.2) is 6.04 Å². The minimum Gasteiger partial charge on any atom is -0.360 e. The van der Waals surface area contributed by atoms with Crippen LogP contribution >= 0.6 is 23.2 Å². The van der Waals surface area contributed by atoms with Crippen LogP contribution in [0.4, 0.5) is 11.4 Å². The van der Waals surface area contributed by atoms with Gasteiger partial charge in [-0.15, -0.1) is 0 Å². The van der Waals surface area contributed by atoms with E-state index >= 15 is 0 Å². The van der Waals surface area contributed by atoms with Gasteiger partial charge in [0.1, 0.15) is 0 Å². The lowest BCUT2D eigenvalue weighted by molar-refractivity contribution is -0.915. The Hall–Kier alpha value is -2.08. The first kappa shape index (κ1) is 19.2. The van der Waals surface area contributed by atoms with Crippen molar-refractivity contribution in [2.75, 3.05) is 36.0 Å². The number of quaternary nitrogens is 1. The first-order chi connectivity index (χ1) is 13.5. The van der Waals surface area contributed by atoms with Gasteiger partial charge in [-0.2, -0.15) is 0 Å². The lowest BCUT2D eigenvalue weighted by Crippen LogP contribution is -3.19. The summed E-state index contributed by atoms with van der Waals surface area (Å²) in [6.07, 6.45) is 0.247. The molecule has 28 heavy (non-hydrogen) atoms. The molecule has 1 N–H and O–H groups in total. The smallest absolute Gasteiger partial charge is 0.292 e. The van der Waals surface area contributed by atoms with E-state index in [4.69, 9.17) is 23.2 Å². The van der Waals surface area contributed by atoms with E-state index in [1.54, 1.807) is 18.2 Å². The molecule has 2 aromatic rings. The van der Waals surface area contributed by atoms with Crippen LogP contribution in [0.2, 0.25) is 10.0 Å². The van der Waals surface area contributed by atoms with E-state index in [2.05, 4.69) is 4.90 Å². The number of hydrogen-bond acceptors (Lipinski definition) is 3. The molecule has 1 atom stereocenters. The molecule has 0 saturated carbocycles. The first-order valence-electron chi connectivity index (χ1n) is 9.42. The fourth-order valence-corrected chi connectivity index (χ4v) is 4.47. The SMILES string of the molecule is Cc1c(Cl)cccc1N1C(=O)C[C@H]([NH+]2CCN(c3cccc(Cl)c3)CC2)C1=O. The average molecular weight is 419 g/mol. The van der Waals surface area contributed by atoms with Crippen molar-refractivity contribution in [3.63, 3.8) is 0 Å². The van der Waals surface area contributed by atoms with E-state index in [9.17, 15) is 9.59 Å². The highest BCUT2D eigenvalue weighted by molar-refractivity contribution is 6.32. The predicted molar refractivity (Wildman–Crippen MR) is 111 cm³/mol. The van der Waals surface area contributed by atoms with Gasteiger partial charge in [-0.1, -0.05) is 35.3 Å². The van der Waals surface area contributed by atoms with Gasteiger partial charge >= 0.3 is 0 Å². The van der Waals surface area contributed by atoms with Crippen molar-refractivity contribution >= 4 is 46.4 Å². The van der Waals surface area contributed by atoms with E-state index in [-0.39, 0.29) is 24.3 Å². The van der Waals surface area contributed by atoms with Crippen LogP contribution in [0.5, 0.6) is 0 Å². The Bertz CT molecular complexity index is 926. The number of benzene rings is 2. The van der Waals surface area contributed by atoms with E-state index in [0.29, 0.717) is 10.7 Å². The van der Waals surface area contributed by atoms with Crippen LogP contribution < -0.4 is 14.7 Å². The van der Waals surface area contributed by atoms with Crippen molar-refractivity contribution < 1.29 is 14.5 Å². The molecule has 2 aliphatic heterocycles. The minimum atomic E-state index is -0.326. The molecule has 2 heterocycles. The molecule has 0 aliphatic carbocycles. The van der Waals surface area contributed by atoms with Crippen LogP contribution in [0.15, 0.2) is 42.5 Å². The number of nitrogens with one attached hydrogen (secondary N) is 1. The number of anilines is 2. The van der Waals surface area contributed by atoms with Crippen molar-refractivity contribution in [3.8, 4) is 0 Å². The number of piperazine rings is 1. The molecule has 2 fully saturated rings. The zero-order valence-corrected chi connectivity index (χ0v) is 17.1. The van der Waals surface area contributed by atoms with Gasteiger partial charge in [-0.05, 0) is 42.8 Å². The summed E-state index contributed by atoms with van der Waals surface area (Å²) in [5.74, 6) is -0.272. The molecule has 4 rings (SSSR count). The Morgan fingerprint density at radius 1 is 1.04 bits per heavy atom. The highest BCUT2D eigenvalue weighted by Crippen LogP contribution is 2.30. The maximum atomic E-state index is 13.1. The molecule has 5 nitrogen and oxygen atoms in total. The monoisotopic (exact) mass is 418 g/mol. The fourth-order valence-electron chi connectivity index (χ4n) is 4.12. The number of amides is 2. The van der Waals surface area contributed by atoms with E-state index in [1.165, 1.54) is 9.80 Å². The Morgan fingerprint density at radius 3 is 2.46 bits per heavy atom. The maximum Gasteiger partial charge on any atom is 0.292 e. The number of halogens is 2. The van der Waals surface area contributed by atoms with Gasteiger partial charge in [0, 0.05) is 15.7 Å². The third kappa shape index (κ3) is 3.50. The third-order valence-electron chi connectivity index (χ3n) is 5.70. The second-order valence-electron chi connectivity index (χ2n) is 7.33. The van der Waals surface area contributed by atoms with Crippen molar-refractivity contribution in [1.82, 2.24) is 0 Å². The zero-order valence-electron chi connectivity index (χ0n) is 15.6. The first-order valence-corrected chi connectivity index (χ1v) is 10.2. The molecule has 0 bridgehead atoms. The summed E-state index contributed by atoms with van der Waals surface area (Å²) >= 11 is 12.3. The van der Waals surface area contributed by atoms with Crippen molar-refractivity contribution in [3.05, 3.63) is 58.1 Å². The summed E-state index contributed by atoms with van der Waals surface area (Å²) < 4.78 is 0. The van der Waals surface area contributed by atoms with Crippen LogP contribution in [0.3, 0.4) is 0 Å². The summed E-state index contributed by atoms with van der Waals surface area (Å²) in [5, 5.41) is 1.28. The molecule has 0 spiro atoms. The molecule has 0 radical (unpaired) electrons. The zero-order chi connectivity index (χ0) is 19.8. The second-order valence-corrected chi connectivity index (χ2v) is 8.18. The van der Waals surface area contributed by atoms with Gasteiger partial charge in [-0.3, -0.25) is 9.59 Å². The normalized spacial score (nSPS) is 20.9. The number of hydrogen-bond donors (Lipinski definition) is 1. The Kier molecular flexibility index (Phi) is 5.32. The molecule has 2 aromatic carbocycles. The molecule has 2 aliphatic rings. The lowest BCUT2D eigenvalue weighted by atomic mass is 10.1. The summed E-state index contributed by atoms with van der Waals surface area (Å²) in [4.78, 5) is 30.5. The molecule has 2 saturated heterocycles. The van der Waals surface area contributed by atoms with Crippen LogP contribution in [-0.2, 0) is 9.59 Å². The lowest BCUT2D eigenvalue weighted by Gasteiger charge is -2.35. The minimum absolute atomic E-state index is 0.124. The third-order valence-corrected chi connectivity index (χ3v) is 6.34. The predicted octanol–water partition coefficient (Wildman–Crippen LogP) is 2.34. The highest BCUT2D eigenvalue weighted by atomic mass is 35.5. The second kappa shape index (κ2) is 7.74. The number of carbonyl (C=O) groups is 2. The van der Waals surface area contributed by atoms with Crippen LogP contribution in [0, 0.1) is 6.92 Å². The van der Waals surface area contributed by atoms with E-state index in [1.807, 2.05) is 31.2 Å². The van der Waals surface area contributed by atoms with Gasteiger partial charge in [-0.25, -0.2) is 4.90 Å². The maximum absolute atomic E-state index is 13.1. The number of imide groups is 1. The van der Waals surface area contributed by atoms with Crippen LogP contribution in [0.1, 0.15) is 12.0 Å². The van der Waals surface area contributed by atoms with Crippen LogP contribution in [0.25, 0.3) is 0 Å². The highest BCUT2D eigenvalue weighted by Gasteiger charge is 2.46. The molecule has 7 heteroatoms. The average Bonchev–Trinajstić information content (AvgIpc) is 2.98. The molecule has 146 valence electrons. The standard InChI is InChI=1S/C21H21Cl2N3O2/c1-14-17(23)6-3-7-18(14)26-20(27)13-19(21(26)28)25-10-8-24(9-11-25)16-5-2-4-15(22)12-16/h2-7,12,19H,8-11,13H2,1H3/p+1/t19-/m0/s1. The van der Waals surface area contributed by atoms with Crippen molar-refractivity contribution in [2.45, 2.75) is 19.4 Å². The number of nitrogens with zero attached hydrogens (tertiary/aromatic N) is 2. The van der Waals surface area contributed by atoms with Crippen molar-refractivity contribution in [2.24, 2.45) is 0 Å². The quantitative estimate of drug-likeness (QED) is 0.777. The molecule has 0 aromatic heterocycles. The van der Waals surface area contributed by atoms with Crippen LogP contribution in [-0.4, -0.2) is 44.0 Å². The van der Waals surface area contributed by atoms with Gasteiger partial charge in [0.25, 0.3) is 5.91 Å². The Labute approximate surface area is 174 Å². The Morgan fingerprint density at radius 2 is 1.75 bits per heavy atom. The topological polar surface area (TPSA) is 45.1 Å². The largest absolute Gasteiger partial charge is 0.360 e. The van der Waals surface area contributed by atoms with Gasteiger partial charge in [0.2, 0.25) is 5.91 Å². The summed E-state index contributed by atoms with van der Waals surface area (Å²) in [5.41, 5.74) is 2.45. The summed E-state index contributed by atoms with van der Waals surface area (Å²) in [6.45, 7) is 5.09. The molecular formula is C21H22Cl2N3O2+. The number of rotatable bonds is 3. The summed E-state index contributed by atoms with van der Waals surface area (Å²) in [6, 6.07) is 12.8. The van der Waals surface area contributed by atoms with Gasteiger partial charge < -0.3 is 9.80 Å². The fraction of sp³-hybridized carbons (Fsp3) is 0.333. The molecule has 2 amide bonds. The van der Waals surface area contributed by atoms with E-state index in [0.717, 1.165) is 42.5 Å². The molecular weight excluding hydrogens is 397 g/mol. The molecule has 0 unspecified atom stereocenters. The summed E-state index contributed by atoms with van der Waals surface area (Å²) in [7, 11) is 0. The Balaban J connectivity index is 1.47. The number of carbonyl (C=O) groups excluding carboxylic acids is 2.